The number of hydrogen-bond donors (Lipinski definition) is 1. The van der Waals surface area contributed by atoms with E-state index < -0.39 is 0 Å². The minimum Gasteiger partial charge on any atom is -0.355 e. The molecule has 24 heavy (non-hydrogen) atoms. The van der Waals surface area contributed by atoms with Crippen LogP contribution in [0.25, 0.3) is 5.65 Å². The van der Waals surface area contributed by atoms with Crippen LogP contribution in [0.3, 0.4) is 0 Å². The number of rotatable bonds is 6. The van der Waals surface area contributed by atoms with Crippen molar-refractivity contribution in [3.8, 4) is 0 Å². The van der Waals surface area contributed by atoms with Crippen molar-refractivity contribution in [2.24, 2.45) is 0 Å². The Kier molecular flexibility index (Phi) is 4.94. The van der Waals surface area contributed by atoms with Gasteiger partial charge in [0.15, 0.2) is 0 Å². The number of nitrogens with zero attached hydrogens (tertiary/aromatic N) is 3. The summed E-state index contributed by atoms with van der Waals surface area (Å²) in [5.41, 5.74) is 4.04. The van der Waals surface area contributed by atoms with Crippen molar-refractivity contribution in [3.63, 3.8) is 0 Å². The van der Waals surface area contributed by atoms with Crippen LogP contribution in [-0.2, 0) is 17.6 Å². The number of fused-ring (bicyclic) bond motifs is 1. The molecule has 0 spiro atoms. The highest BCUT2D eigenvalue weighted by Gasteiger charge is 2.10. The Labute approximate surface area is 145 Å². The van der Waals surface area contributed by atoms with Crippen molar-refractivity contribution < 1.29 is 4.79 Å². The van der Waals surface area contributed by atoms with Crippen molar-refractivity contribution in [3.05, 3.63) is 51.9 Å². The molecule has 126 valence electrons. The van der Waals surface area contributed by atoms with E-state index in [2.05, 4.69) is 34.5 Å². The van der Waals surface area contributed by atoms with E-state index >= 15 is 0 Å². The number of nitrogens with one attached hydrogen (secondary N) is 1. The van der Waals surface area contributed by atoms with E-state index in [-0.39, 0.29) is 5.91 Å². The van der Waals surface area contributed by atoms with Crippen molar-refractivity contribution in [1.82, 2.24) is 19.7 Å². The van der Waals surface area contributed by atoms with Gasteiger partial charge in [-0.1, -0.05) is 19.9 Å². The van der Waals surface area contributed by atoms with E-state index in [1.165, 1.54) is 0 Å². The SMILES string of the molecule is Cc1cccn2c(CC(=O)NCCc3nc(C(C)C)cs3)cnc12. The summed E-state index contributed by atoms with van der Waals surface area (Å²) in [5, 5.41) is 6.15. The Morgan fingerprint density at radius 3 is 3.00 bits per heavy atom. The van der Waals surface area contributed by atoms with Gasteiger partial charge >= 0.3 is 0 Å². The summed E-state index contributed by atoms with van der Waals surface area (Å²) in [7, 11) is 0. The zero-order chi connectivity index (χ0) is 17.1. The average Bonchev–Trinajstić information content (AvgIpc) is 3.16. The number of imidazole rings is 1. The average molecular weight is 342 g/mol. The molecule has 0 saturated heterocycles. The highest BCUT2D eigenvalue weighted by molar-refractivity contribution is 7.09. The second-order valence-corrected chi connectivity index (χ2v) is 7.17. The monoisotopic (exact) mass is 342 g/mol. The van der Waals surface area contributed by atoms with Gasteiger partial charge in [-0.25, -0.2) is 9.97 Å². The standard InChI is InChI=1S/C18H22N4OS/c1-12(2)15-11-24-17(21-15)6-7-19-16(23)9-14-10-20-18-13(3)5-4-8-22(14)18/h4-5,8,10-12H,6-7,9H2,1-3H3,(H,19,23). The van der Waals surface area contributed by atoms with Gasteiger partial charge in [-0.05, 0) is 24.5 Å². The van der Waals surface area contributed by atoms with E-state index in [1.54, 1.807) is 17.5 Å². The van der Waals surface area contributed by atoms with Gasteiger partial charge in [0.1, 0.15) is 5.65 Å². The maximum Gasteiger partial charge on any atom is 0.226 e. The van der Waals surface area contributed by atoms with Crippen LogP contribution in [0.4, 0.5) is 0 Å². The molecule has 3 aromatic rings. The number of amides is 1. The van der Waals surface area contributed by atoms with Gasteiger partial charge in [0.05, 0.1) is 22.8 Å². The summed E-state index contributed by atoms with van der Waals surface area (Å²) in [6.07, 6.45) is 4.83. The second kappa shape index (κ2) is 7.13. The Bertz CT molecular complexity index is 850. The fourth-order valence-corrected chi connectivity index (χ4v) is 3.53. The fraction of sp³-hybridized carbons (Fsp3) is 0.389. The van der Waals surface area contributed by atoms with Gasteiger partial charge in [0, 0.05) is 30.7 Å². The molecule has 0 aliphatic heterocycles. The highest BCUT2D eigenvalue weighted by atomic mass is 32.1. The molecule has 1 amide bonds. The zero-order valence-electron chi connectivity index (χ0n) is 14.2. The molecule has 0 fully saturated rings. The molecule has 0 unspecified atom stereocenters. The van der Waals surface area contributed by atoms with Gasteiger partial charge in [-0.15, -0.1) is 11.3 Å². The third-order valence-electron chi connectivity index (χ3n) is 3.97. The molecule has 3 heterocycles. The summed E-state index contributed by atoms with van der Waals surface area (Å²) < 4.78 is 1.98. The number of aromatic nitrogens is 3. The van der Waals surface area contributed by atoms with Crippen LogP contribution >= 0.6 is 11.3 Å². The first-order chi connectivity index (χ1) is 11.5. The Balaban J connectivity index is 1.54. The smallest absolute Gasteiger partial charge is 0.226 e. The van der Waals surface area contributed by atoms with E-state index in [0.717, 1.165) is 34.0 Å². The number of aryl methyl sites for hydroxylation is 1. The second-order valence-electron chi connectivity index (χ2n) is 6.23. The Hall–Kier alpha value is -2.21. The lowest BCUT2D eigenvalue weighted by atomic mass is 10.2. The van der Waals surface area contributed by atoms with Gasteiger partial charge in [-0.3, -0.25) is 4.79 Å². The van der Waals surface area contributed by atoms with E-state index in [9.17, 15) is 4.79 Å². The minimum atomic E-state index is 0.0129. The first-order valence-corrected chi connectivity index (χ1v) is 9.05. The molecule has 0 aromatic carbocycles. The first-order valence-electron chi connectivity index (χ1n) is 8.17. The normalized spacial score (nSPS) is 11.3. The molecule has 0 radical (unpaired) electrons. The lowest BCUT2D eigenvalue weighted by Crippen LogP contribution is -2.27. The van der Waals surface area contributed by atoms with Crippen molar-refractivity contribution in [1.29, 1.82) is 0 Å². The van der Waals surface area contributed by atoms with E-state index in [1.807, 2.05) is 29.7 Å². The van der Waals surface area contributed by atoms with Gasteiger partial charge in [0.2, 0.25) is 5.91 Å². The lowest BCUT2D eigenvalue weighted by molar-refractivity contribution is -0.120. The van der Waals surface area contributed by atoms with Crippen LogP contribution in [0.15, 0.2) is 29.9 Å². The maximum atomic E-state index is 12.2. The predicted octanol–water partition coefficient (Wildman–Crippen LogP) is 3.12. The third kappa shape index (κ3) is 3.64. The quantitative estimate of drug-likeness (QED) is 0.749. The number of carbonyl (C=O) groups excluding carboxylic acids is 1. The van der Waals surface area contributed by atoms with Crippen LogP contribution in [0.1, 0.15) is 41.7 Å². The molecule has 0 atom stereocenters. The molecule has 1 N–H and O–H groups in total. The summed E-state index contributed by atoms with van der Waals surface area (Å²) >= 11 is 1.66. The number of hydrogen-bond acceptors (Lipinski definition) is 4. The van der Waals surface area contributed by atoms with Crippen LogP contribution in [0.2, 0.25) is 0 Å². The number of carbonyl (C=O) groups is 1. The summed E-state index contributed by atoms with van der Waals surface area (Å²) in [4.78, 5) is 21.2. The number of pyridine rings is 1. The molecule has 0 aliphatic carbocycles. The first kappa shape index (κ1) is 16.6. The highest BCUT2D eigenvalue weighted by Crippen LogP contribution is 2.17. The molecule has 5 nitrogen and oxygen atoms in total. The van der Waals surface area contributed by atoms with Crippen molar-refractivity contribution in [2.75, 3.05) is 6.54 Å². The molecular formula is C18H22N4OS. The van der Waals surface area contributed by atoms with Crippen LogP contribution in [0, 0.1) is 6.92 Å². The van der Waals surface area contributed by atoms with Gasteiger partial charge < -0.3 is 9.72 Å². The molecule has 3 rings (SSSR count). The summed E-state index contributed by atoms with van der Waals surface area (Å²) in [6.45, 7) is 6.90. The summed E-state index contributed by atoms with van der Waals surface area (Å²) in [5.74, 6) is 0.460. The zero-order valence-corrected chi connectivity index (χ0v) is 15.1. The van der Waals surface area contributed by atoms with Crippen LogP contribution in [-0.4, -0.2) is 26.8 Å². The maximum absolute atomic E-state index is 12.2. The summed E-state index contributed by atoms with van der Waals surface area (Å²) in [6, 6.07) is 3.99. The molecule has 3 aromatic heterocycles. The fourth-order valence-electron chi connectivity index (χ4n) is 2.57. The molecule has 0 aliphatic rings. The Morgan fingerprint density at radius 1 is 1.42 bits per heavy atom. The topological polar surface area (TPSA) is 59.3 Å². The van der Waals surface area contributed by atoms with Crippen LogP contribution in [0.5, 0.6) is 0 Å². The van der Waals surface area contributed by atoms with Crippen molar-refractivity contribution in [2.45, 2.75) is 39.5 Å². The molecule has 0 bridgehead atoms. The Morgan fingerprint density at radius 2 is 2.25 bits per heavy atom. The van der Waals surface area contributed by atoms with Gasteiger partial charge in [-0.2, -0.15) is 0 Å². The molecule has 6 heteroatoms. The van der Waals surface area contributed by atoms with Crippen LogP contribution < -0.4 is 5.32 Å². The predicted molar refractivity (Wildman–Crippen MR) is 96.5 cm³/mol. The third-order valence-corrected chi connectivity index (χ3v) is 4.90. The van der Waals surface area contributed by atoms with E-state index in [0.29, 0.717) is 18.9 Å². The van der Waals surface area contributed by atoms with E-state index in [4.69, 9.17) is 0 Å². The number of thiazole rings is 1. The lowest BCUT2D eigenvalue weighted by Gasteiger charge is -2.05. The molecular weight excluding hydrogens is 320 g/mol. The largest absolute Gasteiger partial charge is 0.355 e. The minimum absolute atomic E-state index is 0.0129. The van der Waals surface area contributed by atoms with Gasteiger partial charge in [0.25, 0.3) is 0 Å². The van der Waals surface area contributed by atoms with Crippen molar-refractivity contribution >= 4 is 22.9 Å². The molecule has 0 saturated carbocycles.